The normalized spacial score (nSPS) is 12.8. The van der Waals surface area contributed by atoms with Crippen molar-refractivity contribution in [2.24, 2.45) is 5.92 Å². The lowest BCUT2D eigenvalue weighted by molar-refractivity contribution is -0.132. The molecule has 0 aliphatic rings. The lowest BCUT2D eigenvalue weighted by Crippen LogP contribution is -2.48. The first-order chi connectivity index (χ1) is 13.2. The van der Waals surface area contributed by atoms with Crippen molar-refractivity contribution in [1.82, 2.24) is 14.6 Å². The standard InChI is InChI=1S/C21H29N3O3S/c1-16(2)15-20(23-28(26,27)19-7-5-17(3)6-8-19)21(25)24(4)14-11-18-9-12-22-13-10-18/h5-10,12-13,16,20,23H,11,14-15H2,1-4H3. The molecule has 1 aromatic heterocycles. The van der Waals surface area contributed by atoms with Gasteiger partial charge in [0, 0.05) is 26.0 Å². The minimum atomic E-state index is -3.77. The van der Waals surface area contributed by atoms with Crippen molar-refractivity contribution in [3.05, 3.63) is 59.9 Å². The van der Waals surface area contributed by atoms with Crippen molar-refractivity contribution in [1.29, 1.82) is 0 Å². The van der Waals surface area contributed by atoms with Crippen molar-refractivity contribution in [3.63, 3.8) is 0 Å². The number of hydrogen-bond acceptors (Lipinski definition) is 4. The van der Waals surface area contributed by atoms with Crippen molar-refractivity contribution in [2.75, 3.05) is 13.6 Å². The molecule has 0 saturated carbocycles. The molecule has 1 aromatic carbocycles. The van der Waals surface area contributed by atoms with Crippen LogP contribution in [-0.4, -0.2) is 43.8 Å². The predicted molar refractivity (Wildman–Crippen MR) is 110 cm³/mol. The van der Waals surface area contributed by atoms with E-state index in [9.17, 15) is 13.2 Å². The zero-order valence-electron chi connectivity index (χ0n) is 16.9. The number of pyridine rings is 1. The van der Waals surface area contributed by atoms with Gasteiger partial charge in [0.05, 0.1) is 4.90 Å². The molecule has 6 nitrogen and oxygen atoms in total. The molecule has 1 amide bonds. The third-order valence-corrected chi connectivity index (χ3v) is 5.98. The summed E-state index contributed by atoms with van der Waals surface area (Å²) in [6.45, 7) is 6.34. The van der Waals surface area contributed by atoms with Crippen molar-refractivity contribution < 1.29 is 13.2 Å². The van der Waals surface area contributed by atoms with E-state index in [4.69, 9.17) is 0 Å². The number of sulfonamides is 1. The van der Waals surface area contributed by atoms with Gasteiger partial charge in [-0.1, -0.05) is 31.5 Å². The van der Waals surface area contributed by atoms with Gasteiger partial charge >= 0.3 is 0 Å². The van der Waals surface area contributed by atoms with E-state index < -0.39 is 16.1 Å². The lowest BCUT2D eigenvalue weighted by atomic mass is 10.0. The third kappa shape index (κ3) is 6.42. The van der Waals surface area contributed by atoms with Crippen LogP contribution in [0, 0.1) is 12.8 Å². The maximum Gasteiger partial charge on any atom is 0.241 e. The number of amides is 1. The molecule has 2 aromatic rings. The molecular formula is C21H29N3O3S. The van der Waals surface area contributed by atoms with Gasteiger partial charge in [-0.25, -0.2) is 8.42 Å². The summed E-state index contributed by atoms with van der Waals surface area (Å²) < 4.78 is 28.1. The Balaban J connectivity index is 2.10. The Morgan fingerprint density at radius 2 is 1.71 bits per heavy atom. The first-order valence-electron chi connectivity index (χ1n) is 9.42. The summed E-state index contributed by atoms with van der Waals surface area (Å²) in [5.74, 6) is -0.0540. The number of aryl methyl sites for hydroxylation is 1. The van der Waals surface area contributed by atoms with Crippen LogP contribution in [0.4, 0.5) is 0 Å². The Bertz CT molecular complexity index is 866. The summed E-state index contributed by atoms with van der Waals surface area (Å²) in [5.41, 5.74) is 2.06. The van der Waals surface area contributed by atoms with E-state index in [0.29, 0.717) is 19.4 Å². The highest BCUT2D eigenvalue weighted by atomic mass is 32.2. The summed E-state index contributed by atoms with van der Waals surface area (Å²) >= 11 is 0. The zero-order chi connectivity index (χ0) is 20.7. The number of nitrogens with one attached hydrogen (secondary N) is 1. The Hall–Kier alpha value is -2.25. The Labute approximate surface area is 168 Å². The van der Waals surface area contributed by atoms with Gasteiger partial charge in [-0.3, -0.25) is 9.78 Å². The maximum absolute atomic E-state index is 12.9. The van der Waals surface area contributed by atoms with Gasteiger partial charge in [0.1, 0.15) is 6.04 Å². The van der Waals surface area contributed by atoms with Gasteiger partial charge in [-0.2, -0.15) is 4.72 Å². The number of aromatic nitrogens is 1. The van der Waals surface area contributed by atoms with Crippen LogP contribution in [0.1, 0.15) is 31.4 Å². The zero-order valence-corrected chi connectivity index (χ0v) is 17.7. The maximum atomic E-state index is 12.9. The number of carbonyl (C=O) groups excluding carboxylic acids is 1. The molecule has 0 bridgehead atoms. The number of nitrogens with zero attached hydrogens (tertiary/aromatic N) is 2. The third-order valence-electron chi connectivity index (χ3n) is 4.50. The minimum absolute atomic E-state index is 0.166. The highest BCUT2D eigenvalue weighted by Gasteiger charge is 2.28. The molecule has 1 heterocycles. The number of hydrogen-bond donors (Lipinski definition) is 1. The predicted octanol–water partition coefficient (Wildman–Crippen LogP) is 2.78. The summed E-state index contributed by atoms with van der Waals surface area (Å²) in [7, 11) is -2.07. The molecule has 1 N–H and O–H groups in total. The quantitative estimate of drug-likeness (QED) is 0.698. The second kappa shape index (κ2) is 9.80. The molecule has 0 aliphatic heterocycles. The number of carbonyl (C=O) groups is 1. The summed E-state index contributed by atoms with van der Waals surface area (Å²) in [6, 6.07) is 9.62. The average Bonchev–Trinajstić information content (AvgIpc) is 2.65. The topological polar surface area (TPSA) is 79.4 Å². The Morgan fingerprint density at radius 1 is 1.11 bits per heavy atom. The van der Waals surface area contributed by atoms with Gasteiger partial charge in [-0.15, -0.1) is 0 Å². The van der Waals surface area contributed by atoms with Crippen LogP contribution in [0.5, 0.6) is 0 Å². The van der Waals surface area contributed by atoms with Crippen LogP contribution < -0.4 is 4.72 Å². The first kappa shape index (κ1) is 22.0. The Kier molecular flexibility index (Phi) is 7.71. The Morgan fingerprint density at radius 3 is 2.29 bits per heavy atom. The summed E-state index contributed by atoms with van der Waals surface area (Å²) in [5, 5.41) is 0. The molecule has 7 heteroatoms. The molecule has 152 valence electrons. The number of benzene rings is 1. The SMILES string of the molecule is Cc1ccc(S(=O)(=O)NC(CC(C)C)C(=O)N(C)CCc2ccncc2)cc1. The van der Waals surface area contributed by atoms with E-state index in [1.165, 1.54) is 0 Å². The molecule has 0 spiro atoms. The van der Waals surface area contributed by atoms with Crippen LogP contribution >= 0.6 is 0 Å². The van der Waals surface area contributed by atoms with Crippen molar-refractivity contribution in [3.8, 4) is 0 Å². The van der Waals surface area contributed by atoms with E-state index in [2.05, 4.69) is 9.71 Å². The fourth-order valence-electron chi connectivity index (χ4n) is 2.87. The summed E-state index contributed by atoms with van der Waals surface area (Å²) in [4.78, 5) is 18.7. The monoisotopic (exact) mass is 403 g/mol. The fraction of sp³-hybridized carbons (Fsp3) is 0.429. The molecular weight excluding hydrogens is 374 g/mol. The van der Waals surface area contributed by atoms with E-state index >= 15 is 0 Å². The van der Waals surface area contributed by atoms with E-state index in [1.54, 1.807) is 48.6 Å². The molecule has 1 unspecified atom stereocenters. The molecule has 0 radical (unpaired) electrons. The van der Waals surface area contributed by atoms with Crippen molar-refractivity contribution in [2.45, 2.75) is 44.6 Å². The summed E-state index contributed by atoms with van der Waals surface area (Å²) in [6.07, 6.45) is 4.55. The molecule has 28 heavy (non-hydrogen) atoms. The second-order valence-electron chi connectivity index (χ2n) is 7.48. The highest BCUT2D eigenvalue weighted by molar-refractivity contribution is 7.89. The van der Waals surface area contributed by atoms with Gasteiger partial charge < -0.3 is 4.90 Å². The molecule has 1 atom stereocenters. The molecule has 2 rings (SSSR count). The van der Waals surface area contributed by atoms with E-state index in [-0.39, 0.29) is 16.7 Å². The molecule has 0 aliphatic carbocycles. The second-order valence-corrected chi connectivity index (χ2v) is 9.20. The number of likely N-dealkylation sites (N-methyl/N-ethyl adjacent to an activating group) is 1. The van der Waals surface area contributed by atoms with E-state index in [0.717, 1.165) is 11.1 Å². The van der Waals surface area contributed by atoms with Gasteiger partial charge in [-0.05, 0) is 55.5 Å². The largest absolute Gasteiger partial charge is 0.344 e. The average molecular weight is 404 g/mol. The van der Waals surface area contributed by atoms with Gasteiger partial charge in [0.2, 0.25) is 15.9 Å². The fourth-order valence-corrected chi connectivity index (χ4v) is 4.07. The van der Waals surface area contributed by atoms with Gasteiger partial charge in [0.15, 0.2) is 0 Å². The number of rotatable bonds is 9. The van der Waals surface area contributed by atoms with Gasteiger partial charge in [0.25, 0.3) is 0 Å². The van der Waals surface area contributed by atoms with Crippen LogP contribution in [0.3, 0.4) is 0 Å². The minimum Gasteiger partial charge on any atom is -0.344 e. The van der Waals surface area contributed by atoms with Crippen LogP contribution in [-0.2, 0) is 21.2 Å². The smallest absolute Gasteiger partial charge is 0.241 e. The highest BCUT2D eigenvalue weighted by Crippen LogP contribution is 2.15. The lowest BCUT2D eigenvalue weighted by Gasteiger charge is -2.26. The van der Waals surface area contributed by atoms with Crippen LogP contribution in [0.2, 0.25) is 0 Å². The van der Waals surface area contributed by atoms with E-state index in [1.807, 2.05) is 32.9 Å². The first-order valence-corrected chi connectivity index (χ1v) is 10.9. The van der Waals surface area contributed by atoms with Crippen LogP contribution in [0.15, 0.2) is 53.7 Å². The molecule has 0 saturated heterocycles. The molecule has 0 fully saturated rings. The van der Waals surface area contributed by atoms with Crippen LogP contribution in [0.25, 0.3) is 0 Å². The van der Waals surface area contributed by atoms with Crippen molar-refractivity contribution >= 4 is 15.9 Å².